The molecule has 26 heavy (non-hydrogen) atoms. The second-order valence-corrected chi connectivity index (χ2v) is 9.98. The molecule has 1 saturated heterocycles. The molecule has 0 aliphatic carbocycles. The van der Waals surface area contributed by atoms with Gasteiger partial charge in [0, 0.05) is 35.7 Å². The molecule has 1 aliphatic heterocycles. The van der Waals surface area contributed by atoms with Crippen LogP contribution in [0.25, 0.3) is 0 Å². The van der Waals surface area contributed by atoms with Crippen LogP contribution in [0, 0.1) is 13.8 Å². The van der Waals surface area contributed by atoms with Gasteiger partial charge in [-0.05, 0) is 38.8 Å². The average Bonchev–Trinajstić information content (AvgIpc) is 2.77. The number of nitrogens with zero attached hydrogens (tertiary/aromatic N) is 3. The quantitative estimate of drug-likeness (QED) is 0.758. The first-order valence-electron chi connectivity index (χ1n) is 8.76. The Balaban J connectivity index is 1.85. The Kier molecular flexibility index (Phi) is 6.01. The number of sulfonamides is 1. The average molecular weight is 414 g/mol. The highest BCUT2D eigenvalue weighted by molar-refractivity contribution is 7.99. The first-order valence-corrected chi connectivity index (χ1v) is 11.6. The molecule has 1 aliphatic rings. The number of hydrogen-bond donors (Lipinski definition) is 0. The maximum Gasteiger partial charge on any atom is 0.246 e. The highest BCUT2D eigenvalue weighted by atomic mass is 35.5. The van der Waals surface area contributed by atoms with E-state index in [2.05, 4.69) is 5.10 Å². The zero-order valence-electron chi connectivity index (χ0n) is 15.3. The molecule has 2 aromatic rings. The van der Waals surface area contributed by atoms with Crippen LogP contribution in [0.4, 0.5) is 0 Å². The molecule has 8 heteroatoms. The first kappa shape index (κ1) is 19.7. The van der Waals surface area contributed by atoms with Crippen molar-refractivity contribution in [3.05, 3.63) is 46.2 Å². The van der Waals surface area contributed by atoms with E-state index in [0.717, 1.165) is 22.8 Å². The third-order valence-corrected chi connectivity index (χ3v) is 8.57. The van der Waals surface area contributed by atoms with Crippen molar-refractivity contribution in [3.63, 3.8) is 0 Å². The summed E-state index contributed by atoms with van der Waals surface area (Å²) >= 11 is 8.11. The molecule has 0 bridgehead atoms. The van der Waals surface area contributed by atoms with Gasteiger partial charge < -0.3 is 0 Å². The third kappa shape index (κ3) is 3.67. The molecule has 2 heterocycles. The Bertz CT molecular complexity index is 896. The summed E-state index contributed by atoms with van der Waals surface area (Å²) in [6, 6.07) is 7.82. The van der Waals surface area contributed by atoms with E-state index in [-0.39, 0.29) is 5.25 Å². The normalized spacial score (nSPS) is 19.5. The molecule has 0 radical (unpaired) electrons. The van der Waals surface area contributed by atoms with E-state index in [0.29, 0.717) is 35.9 Å². The van der Waals surface area contributed by atoms with E-state index in [1.165, 1.54) is 0 Å². The predicted octanol–water partition coefficient (Wildman–Crippen LogP) is 4.04. The Morgan fingerprint density at radius 2 is 2.00 bits per heavy atom. The lowest BCUT2D eigenvalue weighted by atomic mass is 10.1. The number of rotatable bonds is 4. The van der Waals surface area contributed by atoms with Gasteiger partial charge >= 0.3 is 0 Å². The summed E-state index contributed by atoms with van der Waals surface area (Å²) in [5, 5.41) is 5.34. The Morgan fingerprint density at radius 1 is 1.27 bits per heavy atom. The van der Waals surface area contributed by atoms with Gasteiger partial charge in [0.15, 0.2) is 0 Å². The molecule has 5 nitrogen and oxygen atoms in total. The van der Waals surface area contributed by atoms with Gasteiger partial charge in [-0.1, -0.05) is 29.8 Å². The van der Waals surface area contributed by atoms with Crippen molar-refractivity contribution in [3.8, 4) is 0 Å². The van der Waals surface area contributed by atoms with Crippen LogP contribution in [0.5, 0.6) is 0 Å². The van der Waals surface area contributed by atoms with Gasteiger partial charge in [0.2, 0.25) is 10.0 Å². The summed E-state index contributed by atoms with van der Waals surface area (Å²) in [7, 11) is -3.55. The fraction of sp³-hybridized carbons (Fsp3) is 0.500. The second-order valence-electron chi connectivity index (χ2n) is 6.39. The van der Waals surface area contributed by atoms with Crippen molar-refractivity contribution in [1.29, 1.82) is 0 Å². The van der Waals surface area contributed by atoms with Gasteiger partial charge in [0.25, 0.3) is 0 Å². The monoisotopic (exact) mass is 413 g/mol. The molecule has 1 fully saturated rings. The molecule has 3 rings (SSSR count). The molecule has 0 amide bonds. The standard InChI is InChI=1S/C18H24ClN3O2S2/c1-4-22-14(3)18(13(2)20-22)26(23,24)21-10-9-17(25-12-11-21)15-7-5-6-8-16(15)19/h5-8,17H,4,9-12H2,1-3H3. The predicted molar refractivity (Wildman–Crippen MR) is 107 cm³/mol. The minimum absolute atomic E-state index is 0.212. The summed E-state index contributed by atoms with van der Waals surface area (Å²) in [5.41, 5.74) is 2.37. The maximum absolute atomic E-state index is 13.3. The first-order chi connectivity index (χ1) is 12.4. The van der Waals surface area contributed by atoms with Crippen LogP contribution < -0.4 is 0 Å². The molecular formula is C18H24ClN3O2S2. The van der Waals surface area contributed by atoms with Crippen LogP contribution in [-0.4, -0.2) is 41.3 Å². The lowest BCUT2D eigenvalue weighted by Crippen LogP contribution is -2.33. The van der Waals surface area contributed by atoms with Crippen molar-refractivity contribution in [2.24, 2.45) is 0 Å². The van der Waals surface area contributed by atoms with Crippen LogP contribution in [-0.2, 0) is 16.6 Å². The number of aryl methyl sites for hydroxylation is 2. The third-order valence-electron chi connectivity index (χ3n) is 4.77. The van der Waals surface area contributed by atoms with Gasteiger partial charge in [-0.3, -0.25) is 4.68 Å². The molecule has 1 aromatic carbocycles. The van der Waals surface area contributed by atoms with Gasteiger partial charge in [-0.25, -0.2) is 8.42 Å². The summed E-state index contributed by atoms with van der Waals surface area (Å²) in [6.45, 7) is 7.21. The smallest absolute Gasteiger partial charge is 0.246 e. The number of thioether (sulfide) groups is 1. The number of halogens is 1. The van der Waals surface area contributed by atoms with Gasteiger partial charge in [-0.2, -0.15) is 21.2 Å². The van der Waals surface area contributed by atoms with Crippen LogP contribution in [0.3, 0.4) is 0 Å². The van der Waals surface area contributed by atoms with Crippen molar-refractivity contribution in [2.45, 2.75) is 43.9 Å². The number of benzene rings is 1. The zero-order valence-corrected chi connectivity index (χ0v) is 17.7. The fourth-order valence-electron chi connectivity index (χ4n) is 3.47. The number of hydrogen-bond acceptors (Lipinski definition) is 4. The molecule has 0 spiro atoms. The lowest BCUT2D eigenvalue weighted by Gasteiger charge is -2.20. The Hall–Kier alpha value is -1.02. The topological polar surface area (TPSA) is 55.2 Å². The van der Waals surface area contributed by atoms with Crippen molar-refractivity contribution in [1.82, 2.24) is 14.1 Å². The summed E-state index contributed by atoms with van der Waals surface area (Å²) < 4.78 is 29.9. The van der Waals surface area contributed by atoms with Gasteiger partial charge in [-0.15, -0.1) is 0 Å². The van der Waals surface area contributed by atoms with Crippen molar-refractivity contribution in [2.75, 3.05) is 18.8 Å². The summed E-state index contributed by atoms with van der Waals surface area (Å²) in [5.74, 6) is 0.745. The van der Waals surface area contributed by atoms with Crippen LogP contribution >= 0.6 is 23.4 Å². The molecule has 0 N–H and O–H groups in total. The minimum atomic E-state index is -3.55. The largest absolute Gasteiger partial charge is 0.268 e. The molecule has 142 valence electrons. The van der Waals surface area contributed by atoms with E-state index in [4.69, 9.17) is 11.6 Å². The Labute approximate surface area is 164 Å². The van der Waals surface area contributed by atoms with Crippen molar-refractivity contribution >= 4 is 33.4 Å². The minimum Gasteiger partial charge on any atom is -0.268 e. The van der Waals surface area contributed by atoms with E-state index >= 15 is 0 Å². The van der Waals surface area contributed by atoms with E-state index in [9.17, 15) is 8.42 Å². The fourth-order valence-corrected chi connectivity index (χ4v) is 7.01. The van der Waals surface area contributed by atoms with E-state index in [1.807, 2.05) is 38.1 Å². The van der Waals surface area contributed by atoms with Gasteiger partial charge in [0.05, 0.1) is 11.4 Å². The molecule has 0 saturated carbocycles. The molecule has 1 unspecified atom stereocenters. The zero-order chi connectivity index (χ0) is 18.9. The van der Waals surface area contributed by atoms with Gasteiger partial charge in [0.1, 0.15) is 4.90 Å². The summed E-state index contributed by atoms with van der Waals surface area (Å²) in [4.78, 5) is 0.362. The number of aromatic nitrogens is 2. The van der Waals surface area contributed by atoms with Crippen LogP contribution in [0.1, 0.15) is 35.5 Å². The SMILES string of the molecule is CCn1nc(C)c(S(=O)(=O)N2CCSC(c3ccccc3Cl)CC2)c1C. The maximum atomic E-state index is 13.3. The molecule has 1 aromatic heterocycles. The highest BCUT2D eigenvalue weighted by Gasteiger charge is 2.33. The highest BCUT2D eigenvalue weighted by Crippen LogP contribution is 2.39. The molecular weight excluding hydrogens is 390 g/mol. The lowest BCUT2D eigenvalue weighted by molar-refractivity contribution is 0.427. The van der Waals surface area contributed by atoms with E-state index in [1.54, 1.807) is 27.7 Å². The van der Waals surface area contributed by atoms with E-state index < -0.39 is 10.0 Å². The Morgan fingerprint density at radius 3 is 2.65 bits per heavy atom. The van der Waals surface area contributed by atoms with Crippen LogP contribution in [0.15, 0.2) is 29.2 Å². The molecule has 1 atom stereocenters. The second kappa shape index (κ2) is 7.92. The van der Waals surface area contributed by atoms with Crippen molar-refractivity contribution < 1.29 is 8.42 Å². The van der Waals surface area contributed by atoms with Crippen LogP contribution in [0.2, 0.25) is 5.02 Å². The summed E-state index contributed by atoms with van der Waals surface area (Å²) in [6.07, 6.45) is 0.744.